The molecular formula is C20H23F5N6. The average Bonchev–Trinajstić information content (AvgIpc) is 3.01. The summed E-state index contributed by atoms with van der Waals surface area (Å²) in [4.78, 5) is 10.3. The molecule has 3 aliphatic rings. The van der Waals surface area contributed by atoms with E-state index in [0.717, 1.165) is 38.1 Å². The number of hydrogen-bond donors (Lipinski definition) is 3. The molecule has 1 spiro atoms. The van der Waals surface area contributed by atoms with E-state index in [0.29, 0.717) is 11.5 Å². The van der Waals surface area contributed by atoms with Crippen molar-refractivity contribution >= 4 is 22.5 Å². The molecule has 0 bridgehead atoms. The molecular weight excluding hydrogens is 419 g/mol. The molecule has 1 aromatic heterocycles. The molecule has 11 heteroatoms. The minimum absolute atomic E-state index is 0.0233. The van der Waals surface area contributed by atoms with E-state index in [9.17, 15) is 22.0 Å². The molecule has 0 aliphatic carbocycles. The van der Waals surface area contributed by atoms with Crippen molar-refractivity contribution in [2.75, 3.05) is 49.5 Å². The van der Waals surface area contributed by atoms with Gasteiger partial charge in [-0.05, 0) is 38.1 Å². The lowest BCUT2D eigenvalue weighted by molar-refractivity contribution is -0.137. The molecule has 3 N–H and O–H groups in total. The number of piperidine rings is 1. The number of anilines is 2. The second kappa shape index (κ2) is 7.13. The van der Waals surface area contributed by atoms with Gasteiger partial charge in [-0.1, -0.05) is 0 Å². The Kier molecular flexibility index (Phi) is 4.74. The molecule has 2 aromatic rings. The van der Waals surface area contributed by atoms with E-state index in [1.165, 1.54) is 6.20 Å². The number of nitrogens with one attached hydrogen (secondary N) is 3. The van der Waals surface area contributed by atoms with E-state index in [1.54, 1.807) is 4.90 Å². The van der Waals surface area contributed by atoms with Crippen molar-refractivity contribution in [2.45, 2.75) is 31.0 Å². The summed E-state index contributed by atoms with van der Waals surface area (Å²) in [6.07, 6.45) is -1.42. The molecule has 0 unspecified atom stereocenters. The first kappa shape index (κ1) is 20.6. The number of hydrogen-bond acceptors (Lipinski definition) is 6. The van der Waals surface area contributed by atoms with Crippen molar-refractivity contribution in [3.63, 3.8) is 0 Å². The van der Waals surface area contributed by atoms with E-state index >= 15 is 0 Å². The summed E-state index contributed by atoms with van der Waals surface area (Å²) in [5.74, 6) is -2.55. The molecule has 3 saturated heterocycles. The highest BCUT2D eigenvalue weighted by molar-refractivity contribution is 5.92. The van der Waals surface area contributed by atoms with E-state index in [1.807, 2.05) is 0 Å². The topological polar surface area (TPSA) is 65.1 Å². The lowest BCUT2D eigenvalue weighted by Crippen LogP contribution is -2.64. The van der Waals surface area contributed by atoms with E-state index in [4.69, 9.17) is 0 Å². The Morgan fingerprint density at radius 2 is 1.81 bits per heavy atom. The SMILES string of the molecule is FC(F)(F)c1cc(N2CC3(CNCC3(F)F)C2)c2nc(NC3CCNCC3)ncc2c1. The molecule has 3 fully saturated rings. The normalized spacial score (nSPS) is 23.3. The predicted molar refractivity (Wildman–Crippen MR) is 107 cm³/mol. The maximum atomic E-state index is 14.3. The van der Waals surface area contributed by atoms with E-state index in [2.05, 4.69) is 25.9 Å². The Balaban J connectivity index is 1.50. The third-order valence-electron chi connectivity index (χ3n) is 6.58. The fourth-order valence-corrected chi connectivity index (χ4v) is 4.72. The highest BCUT2D eigenvalue weighted by Gasteiger charge is 2.63. The van der Waals surface area contributed by atoms with Crippen LogP contribution in [0, 0.1) is 5.41 Å². The third-order valence-corrected chi connectivity index (χ3v) is 6.58. The van der Waals surface area contributed by atoms with Gasteiger partial charge in [0.05, 0.1) is 28.7 Å². The molecule has 0 radical (unpaired) electrons. The third kappa shape index (κ3) is 3.57. The van der Waals surface area contributed by atoms with Crippen LogP contribution in [-0.4, -0.2) is 61.2 Å². The second-order valence-electron chi connectivity index (χ2n) is 8.74. The quantitative estimate of drug-likeness (QED) is 0.636. The Morgan fingerprint density at radius 1 is 1.06 bits per heavy atom. The lowest BCUT2D eigenvalue weighted by Gasteiger charge is -2.51. The summed E-state index contributed by atoms with van der Waals surface area (Å²) in [5, 5.41) is 9.45. The van der Waals surface area contributed by atoms with Gasteiger partial charge < -0.3 is 20.9 Å². The number of aromatic nitrogens is 2. The second-order valence-corrected chi connectivity index (χ2v) is 8.74. The Morgan fingerprint density at radius 3 is 2.45 bits per heavy atom. The van der Waals surface area contributed by atoms with Crippen LogP contribution in [0.25, 0.3) is 10.9 Å². The maximum absolute atomic E-state index is 14.3. The van der Waals surface area contributed by atoms with Gasteiger partial charge in [0, 0.05) is 37.3 Å². The zero-order valence-electron chi connectivity index (χ0n) is 16.7. The predicted octanol–water partition coefficient (Wildman–Crippen LogP) is 2.86. The van der Waals surface area contributed by atoms with Crippen molar-refractivity contribution in [3.05, 3.63) is 23.9 Å². The van der Waals surface area contributed by atoms with Crippen LogP contribution >= 0.6 is 0 Å². The Labute approximate surface area is 175 Å². The first-order valence-corrected chi connectivity index (χ1v) is 10.4. The summed E-state index contributed by atoms with van der Waals surface area (Å²) < 4.78 is 69.1. The van der Waals surface area contributed by atoms with Crippen LogP contribution in [0.2, 0.25) is 0 Å². The van der Waals surface area contributed by atoms with Gasteiger partial charge in [-0.25, -0.2) is 18.7 Å². The van der Waals surface area contributed by atoms with Gasteiger partial charge in [0.2, 0.25) is 5.95 Å². The summed E-state index contributed by atoms with van der Waals surface area (Å²) in [6, 6.07) is 2.19. The van der Waals surface area contributed by atoms with Crippen LogP contribution < -0.4 is 20.9 Å². The molecule has 4 heterocycles. The van der Waals surface area contributed by atoms with Crippen molar-refractivity contribution in [2.24, 2.45) is 5.41 Å². The average molecular weight is 442 g/mol. The lowest BCUT2D eigenvalue weighted by atomic mass is 9.76. The Bertz CT molecular complexity index is 982. The van der Waals surface area contributed by atoms with Crippen LogP contribution in [0.4, 0.5) is 33.6 Å². The number of nitrogens with zero attached hydrogens (tertiary/aromatic N) is 3. The molecule has 168 valence electrons. The number of fused-ring (bicyclic) bond motifs is 1. The van der Waals surface area contributed by atoms with Crippen LogP contribution in [0.1, 0.15) is 18.4 Å². The van der Waals surface area contributed by atoms with Gasteiger partial charge in [0.15, 0.2) is 0 Å². The van der Waals surface area contributed by atoms with Gasteiger partial charge in [-0.3, -0.25) is 0 Å². The van der Waals surface area contributed by atoms with Gasteiger partial charge in [0.25, 0.3) is 5.92 Å². The maximum Gasteiger partial charge on any atom is 0.416 e. The first-order valence-electron chi connectivity index (χ1n) is 10.4. The minimum Gasteiger partial charge on any atom is -0.368 e. The van der Waals surface area contributed by atoms with Gasteiger partial charge in [-0.15, -0.1) is 0 Å². The van der Waals surface area contributed by atoms with Crippen LogP contribution in [-0.2, 0) is 6.18 Å². The molecule has 5 rings (SSSR count). The molecule has 3 aliphatic heterocycles. The van der Waals surface area contributed by atoms with E-state index < -0.39 is 29.6 Å². The molecule has 0 amide bonds. The van der Waals surface area contributed by atoms with Crippen molar-refractivity contribution in [3.8, 4) is 0 Å². The minimum atomic E-state index is -4.56. The van der Waals surface area contributed by atoms with Crippen LogP contribution in [0.15, 0.2) is 18.3 Å². The van der Waals surface area contributed by atoms with Crippen molar-refractivity contribution in [1.82, 2.24) is 20.6 Å². The summed E-state index contributed by atoms with van der Waals surface area (Å²) >= 11 is 0. The summed E-state index contributed by atoms with van der Waals surface area (Å²) in [7, 11) is 0. The number of rotatable bonds is 3. The molecule has 31 heavy (non-hydrogen) atoms. The summed E-state index contributed by atoms with van der Waals surface area (Å²) in [5.41, 5.74) is -1.54. The van der Waals surface area contributed by atoms with Gasteiger partial charge >= 0.3 is 6.18 Å². The number of benzene rings is 1. The smallest absolute Gasteiger partial charge is 0.368 e. The number of halogens is 5. The first-order chi connectivity index (χ1) is 14.7. The van der Waals surface area contributed by atoms with Crippen LogP contribution in [0.3, 0.4) is 0 Å². The zero-order valence-corrected chi connectivity index (χ0v) is 16.7. The number of alkyl halides is 5. The fraction of sp³-hybridized carbons (Fsp3) is 0.600. The largest absolute Gasteiger partial charge is 0.416 e. The zero-order chi connectivity index (χ0) is 21.9. The van der Waals surface area contributed by atoms with Crippen molar-refractivity contribution in [1.29, 1.82) is 0 Å². The van der Waals surface area contributed by atoms with Gasteiger partial charge in [-0.2, -0.15) is 13.2 Å². The Hall–Kier alpha value is -2.27. The van der Waals surface area contributed by atoms with E-state index in [-0.39, 0.29) is 36.7 Å². The fourth-order valence-electron chi connectivity index (χ4n) is 4.72. The molecule has 6 nitrogen and oxygen atoms in total. The summed E-state index contributed by atoms with van der Waals surface area (Å²) in [6.45, 7) is 1.42. The highest BCUT2D eigenvalue weighted by Crippen LogP contribution is 2.49. The standard InChI is InChI=1S/C20H23F5N6/c21-19(22)9-27-8-18(19)10-31(11-18)15-6-13(20(23,24)25)5-12-7-28-17(30-16(12)15)29-14-1-3-26-4-2-14/h5-7,14,26-27H,1-4,8-11H2,(H,28,29,30). The van der Waals surface area contributed by atoms with Crippen molar-refractivity contribution < 1.29 is 22.0 Å². The molecule has 0 atom stereocenters. The molecule has 1 aromatic carbocycles. The monoisotopic (exact) mass is 442 g/mol. The highest BCUT2D eigenvalue weighted by atomic mass is 19.4. The van der Waals surface area contributed by atoms with Gasteiger partial charge in [0.1, 0.15) is 0 Å². The van der Waals surface area contributed by atoms with Crippen LogP contribution in [0.5, 0.6) is 0 Å². The molecule has 0 saturated carbocycles.